The molecule has 0 fully saturated rings. The number of hydrogen-bond acceptors (Lipinski definition) is 2. The van der Waals surface area contributed by atoms with E-state index >= 15 is 0 Å². The van der Waals surface area contributed by atoms with Crippen molar-refractivity contribution in [2.75, 3.05) is 0 Å². The van der Waals surface area contributed by atoms with Gasteiger partial charge in [-0.3, -0.25) is 0 Å². The van der Waals surface area contributed by atoms with E-state index in [-0.39, 0.29) is 0 Å². The number of hydrogen-bond donors (Lipinski definition) is 0. The van der Waals surface area contributed by atoms with E-state index in [0.717, 1.165) is 38.9 Å². The minimum Gasteiger partial charge on any atom is -0.456 e. The number of aromatic nitrogens is 2. The van der Waals surface area contributed by atoms with Gasteiger partial charge in [0.25, 0.3) is 0 Å². The van der Waals surface area contributed by atoms with Crippen LogP contribution in [-0.4, -0.2) is 9.13 Å². The predicted molar refractivity (Wildman–Crippen MR) is 221 cm³/mol. The van der Waals surface area contributed by atoms with Crippen molar-refractivity contribution in [2.24, 2.45) is 0 Å². The quantitative estimate of drug-likeness (QED) is 0.182. The normalized spacial score (nSPS) is 12.2. The number of rotatable bonds is 3. The molecule has 12 rings (SSSR count). The highest BCUT2D eigenvalue weighted by atomic mass is 32.1. The standard InChI is InChI=1S/C48H28N2OS/c1-2-10-31(11-3-1)49-41-15-7-4-12-33(41)38-23-24-39-34-13-5-8-16-42(34)50(48(39)47(38)49)32-20-25-43-40(28-32)35-21-18-29(26-44(35)51-43)30-19-22-37-36-14-6-9-17-45(36)52-46(37)27-30/h1-28H. The molecule has 0 bridgehead atoms. The maximum atomic E-state index is 6.57. The van der Waals surface area contributed by atoms with Crippen molar-refractivity contribution in [3.8, 4) is 22.5 Å². The van der Waals surface area contributed by atoms with Crippen LogP contribution in [0.1, 0.15) is 0 Å². The van der Waals surface area contributed by atoms with Gasteiger partial charge >= 0.3 is 0 Å². The molecule has 8 aromatic carbocycles. The summed E-state index contributed by atoms with van der Waals surface area (Å²) in [6.45, 7) is 0. The first-order valence-corrected chi connectivity index (χ1v) is 18.5. The Kier molecular flexibility index (Phi) is 5.65. The Bertz CT molecular complexity index is 3410. The minimum atomic E-state index is 0.889. The van der Waals surface area contributed by atoms with E-state index in [0.29, 0.717) is 0 Å². The maximum Gasteiger partial charge on any atom is 0.136 e. The third-order valence-corrected chi connectivity index (χ3v) is 12.0. The molecule has 0 radical (unpaired) electrons. The molecule has 0 unspecified atom stereocenters. The highest BCUT2D eigenvalue weighted by Crippen LogP contribution is 2.43. The molecule has 52 heavy (non-hydrogen) atoms. The summed E-state index contributed by atoms with van der Waals surface area (Å²) in [6.07, 6.45) is 0. The molecule has 0 spiro atoms. The summed E-state index contributed by atoms with van der Waals surface area (Å²) in [5.74, 6) is 0. The highest BCUT2D eigenvalue weighted by Gasteiger charge is 2.21. The Labute approximate surface area is 301 Å². The van der Waals surface area contributed by atoms with Gasteiger partial charge in [-0.15, -0.1) is 11.3 Å². The average Bonchev–Trinajstić information content (AvgIpc) is 3.95. The number of thiophene rings is 1. The van der Waals surface area contributed by atoms with Crippen LogP contribution in [0.3, 0.4) is 0 Å². The van der Waals surface area contributed by atoms with Crippen LogP contribution in [0.15, 0.2) is 174 Å². The third-order valence-electron chi connectivity index (χ3n) is 10.9. The van der Waals surface area contributed by atoms with Crippen LogP contribution < -0.4 is 0 Å². The number of benzene rings is 8. The Morgan fingerprint density at radius 3 is 1.67 bits per heavy atom. The third kappa shape index (κ3) is 3.84. The van der Waals surface area contributed by atoms with Gasteiger partial charge in [0.15, 0.2) is 0 Å². The molecule has 4 heteroatoms. The first-order chi connectivity index (χ1) is 25.8. The van der Waals surface area contributed by atoms with Crippen LogP contribution in [0.25, 0.3) is 108 Å². The summed E-state index contributed by atoms with van der Waals surface area (Å²) in [5.41, 5.74) is 11.2. The van der Waals surface area contributed by atoms with Crippen LogP contribution in [-0.2, 0) is 0 Å². The van der Waals surface area contributed by atoms with Crippen LogP contribution in [0.2, 0.25) is 0 Å². The minimum absolute atomic E-state index is 0.889. The van der Waals surface area contributed by atoms with E-state index in [1.165, 1.54) is 69.3 Å². The molecule has 4 heterocycles. The molecule has 12 aromatic rings. The molecule has 0 aliphatic carbocycles. The molecule has 0 N–H and O–H groups in total. The van der Waals surface area contributed by atoms with Crippen molar-refractivity contribution in [3.63, 3.8) is 0 Å². The van der Waals surface area contributed by atoms with Crippen molar-refractivity contribution < 1.29 is 4.42 Å². The molecular weight excluding hydrogens is 653 g/mol. The predicted octanol–water partition coefficient (Wildman–Crippen LogP) is 13.8. The van der Waals surface area contributed by atoms with Crippen LogP contribution >= 0.6 is 11.3 Å². The lowest BCUT2D eigenvalue weighted by Gasteiger charge is -2.12. The van der Waals surface area contributed by atoms with E-state index in [4.69, 9.17) is 4.42 Å². The van der Waals surface area contributed by atoms with Gasteiger partial charge in [0, 0.05) is 63.9 Å². The molecule has 0 aliphatic heterocycles. The van der Waals surface area contributed by atoms with Crippen molar-refractivity contribution >= 4 is 97.1 Å². The Morgan fingerprint density at radius 2 is 0.923 bits per heavy atom. The summed E-state index contributed by atoms with van der Waals surface area (Å²) in [6, 6.07) is 61.7. The SMILES string of the molecule is c1ccc(-n2c3ccccc3c3ccc4c5ccccc5n(-c5ccc6oc7cc(-c8ccc9c(c8)sc8ccccc89)ccc7c6c5)c4c32)cc1. The van der Waals surface area contributed by atoms with Gasteiger partial charge in [-0.1, -0.05) is 103 Å². The highest BCUT2D eigenvalue weighted by molar-refractivity contribution is 7.25. The van der Waals surface area contributed by atoms with E-state index in [2.05, 4.69) is 179 Å². The van der Waals surface area contributed by atoms with Crippen molar-refractivity contribution in [1.82, 2.24) is 9.13 Å². The second-order valence-electron chi connectivity index (χ2n) is 13.7. The van der Waals surface area contributed by atoms with E-state index in [1.54, 1.807) is 0 Å². The molecular formula is C48H28N2OS. The summed E-state index contributed by atoms with van der Waals surface area (Å²) in [5, 5.41) is 9.83. The van der Waals surface area contributed by atoms with Gasteiger partial charge < -0.3 is 13.6 Å². The molecule has 0 saturated heterocycles. The Hall–Kier alpha value is -6.62. The van der Waals surface area contributed by atoms with Crippen LogP contribution in [0.5, 0.6) is 0 Å². The monoisotopic (exact) mass is 680 g/mol. The fourth-order valence-corrected chi connectivity index (χ4v) is 9.75. The van der Waals surface area contributed by atoms with Crippen molar-refractivity contribution in [2.45, 2.75) is 0 Å². The molecule has 242 valence electrons. The Morgan fingerprint density at radius 1 is 0.346 bits per heavy atom. The van der Waals surface area contributed by atoms with Crippen LogP contribution in [0, 0.1) is 0 Å². The lowest BCUT2D eigenvalue weighted by molar-refractivity contribution is 0.669. The zero-order valence-electron chi connectivity index (χ0n) is 27.9. The van der Waals surface area contributed by atoms with Gasteiger partial charge in [0.1, 0.15) is 11.2 Å². The van der Waals surface area contributed by atoms with Gasteiger partial charge in [0.2, 0.25) is 0 Å². The van der Waals surface area contributed by atoms with E-state index in [9.17, 15) is 0 Å². The molecule has 0 atom stereocenters. The second-order valence-corrected chi connectivity index (χ2v) is 14.8. The van der Waals surface area contributed by atoms with Crippen molar-refractivity contribution in [3.05, 3.63) is 170 Å². The lowest BCUT2D eigenvalue weighted by atomic mass is 10.0. The first kappa shape index (κ1) is 28.1. The summed E-state index contributed by atoms with van der Waals surface area (Å²) in [7, 11) is 0. The van der Waals surface area contributed by atoms with E-state index in [1.807, 2.05) is 11.3 Å². The van der Waals surface area contributed by atoms with Gasteiger partial charge in [-0.05, 0) is 77.9 Å². The van der Waals surface area contributed by atoms with Crippen molar-refractivity contribution in [1.29, 1.82) is 0 Å². The topological polar surface area (TPSA) is 23.0 Å². The summed E-state index contributed by atoms with van der Waals surface area (Å²) in [4.78, 5) is 0. The van der Waals surface area contributed by atoms with Gasteiger partial charge in [-0.25, -0.2) is 0 Å². The fourth-order valence-electron chi connectivity index (χ4n) is 8.60. The zero-order valence-corrected chi connectivity index (χ0v) is 28.7. The summed E-state index contributed by atoms with van der Waals surface area (Å²) >= 11 is 1.85. The number of fused-ring (bicyclic) bond motifs is 13. The van der Waals surface area contributed by atoms with Gasteiger partial charge in [0.05, 0.1) is 22.1 Å². The summed E-state index contributed by atoms with van der Waals surface area (Å²) < 4.78 is 14.1. The maximum absolute atomic E-state index is 6.57. The molecule has 0 aliphatic rings. The second kappa shape index (κ2) is 10.5. The molecule has 3 nitrogen and oxygen atoms in total. The molecule has 0 amide bonds. The first-order valence-electron chi connectivity index (χ1n) is 17.7. The Balaban J connectivity index is 1.09. The lowest BCUT2D eigenvalue weighted by Crippen LogP contribution is -1.98. The van der Waals surface area contributed by atoms with Crippen LogP contribution in [0.4, 0.5) is 0 Å². The molecule has 0 saturated carbocycles. The molecule has 4 aromatic heterocycles. The number of nitrogens with zero attached hydrogens (tertiary/aromatic N) is 2. The van der Waals surface area contributed by atoms with E-state index < -0.39 is 0 Å². The zero-order chi connectivity index (χ0) is 33.9. The smallest absolute Gasteiger partial charge is 0.136 e. The van der Waals surface area contributed by atoms with Gasteiger partial charge in [-0.2, -0.15) is 0 Å². The largest absolute Gasteiger partial charge is 0.456 e. The number of para-hydroxylation sites is 3. The fraction of sp³-hybridized carbons (Fsp3) is 0. The number of furan rings is 1. The average molecular weight is 681 g/mol.